The summed E-state index contributed by atoms with van der Waals surface area (Å²) in [5, 5.41) is 0. The number of rotatable bonds is 4. The van der Waals surface area contributed by atoms with Gasteiger partial charge in [0, 0.05) is 13.8 Å². The Morgan fingerprint density at radius 2 is 1.75 bits per heavy atom. The van der Waals surface area contributed by atoms with Crippen molar-refractivity contribution in [3.63, 3.8) is 0 Å². The first kappa shape index (κ1) is 12.2. The maximum absolute atomic E-state index is 10.9. The molecule has 0 saturated carbocycles. The fraction of sp³-hybridized carbons (Fsp3) is 0.333. The van der Waals surface area contributed by atoms with Gasteiger partial charge in [0.05, 0.1) is 0 Å². The molecular formula is C12H14O4. The first-order valence-electron chi connectivity index (χ1n) is 4.95. The molecule has 1 aromatic rings. The smallest absolute Gasteiger partial charge is 0.303 e. The van der Waals surface area contributed by atoms with Crippen LogP contribution in [0.15, 0.2) is 30.3 Å². The van der Waals surface area contributed by atoms with Crippen molar-refractivity contribution in [2.45, 2.75) is 20.0 Å². The van der Waals surface area contributed by atoms with Gasteiger partial charge in [-0.15, -0.1) is 0 Å². The van der Waals surface area contributed by atoms with Gasteiger partial charge in [-0.25, -0.2) is 0 Å². The quantitative estimate of drug-likeness (QED) is 0.729. The third-order valence-electron chi connectivity index (χ3n) is 1.92. The van der Waals surface area contributed by atoms with E-state index in [1.54, 1.807) is 0 Å². The van der Waals surface area contributed by atoms with Crippen molar-refractivity contribution in [3.8, 4) is 0 Å². The fourth-order valence-electron chi connectivity index (χ4n) is 1.26. The zero-order valence-corrected chi connectivity index (χ0v) is 9.30. The number of carbonyl (C=O) groups is 2. The van der Waals surface area contributed by atoms with Crippen molar-refractivity contribution in [3.05, 3.63) is 35.9 Å². The molecule has 86 valence electrons. The molecule has 0 unspecified atom stereocenters. The van der Waals surface area contributed by atoms with Gasteiger partial charge in [-0.1, -0.05) is 30.3 Å². The van der Waals surface area contributed by atoms with E-state index in [9.17, 15) is 9.59 Å². The van der Waals surface area contributed by atoms with E-state index < -0.39 is 18.0 Å². The lowest BCUT2D eigenvalue weighted by atomic mass is 10.1. The normalized spacial score (nSPS) is 11.6. The second-order valence-electron chi connectivity index (χ2n) is 3.31. The molecule has 0 spiro atoms. The van der Waals surface area contributed by atoms with Gasteiger partial charge in [0.25, 0.3) is 0 Å². The van der Waals surface area contributed by atoms with Crippen molar-refractivity contribution in [1.29, 1.82) is 0 Å². The van der Waals surface area contributed by atoms with Crippen LogP contribution in [0.3, 0.4) is 0 Å². The van der Waals surface area contributed by atoms with Crippen LogP contribution in [0.5, 0.6) is 0 Å². The molecular weight excluding hydrogens is 208 g/mol. The van der Waals surface area contributed by atoms with Gasteiger partial charge < -0.3 is 9.47 Å². The third-order valence-corrected chi connectivity index (χ3v) is 1.92. The van der Waals surface area contributed by atoms with E-state index in [2.05, 4.69) is 0 Å². The Labute approximate surface area is 94.2 Å². The second kappa shape index (κ2) is 5.90. The van der Waals surface area contributed by atoms with Crippen molar-refractivity contribution in [1.82, 2.24) is 0 Å². The molecule has 0 radical (unpaired) electrons. The molecule has 0 amide bonds. The Hall–Kier alpha value is -1.84. The summed E-state index contributed by atoms with van der Waals surface area (Å²) in [5.74, 6) is -0.797. The van der Waals surface area contributed by atoms with Gasteiger partial charge in [-0.05, 0) is 5.56 Å². The molecule has 0 fully saturated rings. The summed E-state index contributed by atoms with van der Waals surface area (Å²) in [4.78, 5) is 21.6. The van der Waals surface area contributed by atoms with Crippen LogP contribution < -0.4 is 0 Å². The molecule has 1 aromatic carbocycles. The fourth-order valence-corrected chi connectivity index (χ4v) is 1.26. The number of hydrogen-bond acceptors (Lipinski definition) is 4. The number of carbonyl (C=O) groups excluding carboxylic acids is 2. The van der Waals surface area contributed by atoms with Crippen LogP contribution in [0.2, 0.25) is 0 Å². The van der Waals surface area contributed by atoms with E-state index >= 15 is 0 Å². The van der Waals surface area contributed by atoms with Crippen LogP contribution >= 0.6 is 0 Å². The highest BCUT2D eigenvalue weighted by Crippen LogP contribution is 2.17. The van der Waals surface area contributed by atoms with E-state index in [4.69, 9.17) is 9.47 Å². The minimum Gasteiger partial charge on any atom is -0.462 e. The SMILES string of the molecule is CC(=O)OC[C@H](OC(C)=O)c1ccccc1. The van der Waals surface area contributed by atoms with Crippen LogP contribution in [0.25, 0.3) is 0 Å². The van der Waals surface area contributed by atoms with Crippen LogP contribution in [0.4, 0.5) is 0 Å². The molecule has 1 rings (SSSR count). The highest BCUT2D eigenvalue weighted by Gasteiger charge is 2.15. The van der Waals surface area contributed by atoms with Crippen LogP contribution in [0.1, 0.15) is 25.5 Å². The maximum Gasteiger partial charge on any atom is 0.303 e. The summed E-state index contributed by atoms with van der Waals surface area (Å²) in [5.41, 5.74) is 0.805. The first-order chi connectivity index (χ1) is 7.59. The van der Waals surface area contributed by atoms with Gasteiger partial charge in [0.15, 0.2) is 6.10 Å². The summed E-state index contributed by atoms with van der Waals surface area (Å²) in [6, 6.07) is 9.16. The topological polar surface area (TPSA) is 52.6 Å². The average Bonchev–Trinajstić information content (AvgIpc) is 2.25. The van der Waals surface area contributed by atoms with E-state index in [1.807, 2.05) is 30.3 Å². The summed E-state index contributed by atoms with van der Waals surface area (Å²) in [6.07, 6.45) is -0.539. The highest BCUT2D eigenvalue weighted by atomic mass is 16.6. The summed E-state index contributed by atoms with van der Waals surface area (Å²) in [6.45, 7) is 2.68. The molecule has 0 heterocycles. The Balaban J connectivity index is 2.71. The summed E-state index contributed by atoms with van der Waals surface area (Å²) >= 11 is 0. The molecule has 0 bridgehead atoms. The van der Waals surface area contributed by atoms with Crippen molar-refractivity contribution < 1.29 is 19.1 Å². The summed E-state index contributed by atoms with van der Waals surface area (Å²) in [7, 11) is 0. The third kappa shape index (κ3) is 4.13. The molecule has 0 N–H and O–H groups in total. The zero-order valence-electron chi connectivity index (χ0n) is 9.30. The van der Waals surface area contributed by atoms with Gasteiger partial charge in [-0.3, -0.25) is 9.59 Å². The monoisotopic (exact) mass is 222 g/mol. The number of ether oxygens (including phenoxy) is 2. The number of esters is 2. The molecule has 0 saturated heterocycles. The second-order valence-corrected chi connectivity index (χ2v) is 3.31. The Morgan fingerprint density at radius 3 is 2.25 bits per heavy atom. The Kier molecular flexibility index (Phi) is 4.51. The highest BCUT2D eigenvalue weighted by molar-refractivity contribution is 5.67. The molecule has 0 aliphatic heterocycles. The van der Waals surface area contributed by atoms with Crippen molar-refractivity contribution >= 4 is 11.9 Å². The number of hydrogen-bond donors (Lipinski definition) is 0. The predicted octanol–water partition coefficient (Wildman–Crippen LogP) is 1.85. The van der Waals surface area contributed by atoms with Gasteiger partial charge in [-0.2, -0.15) is 0 Å². The van der Waals surface area contributed by atoms with E-state index in [1.165, 1.54) is 13.8 Å². The van der Waals surface area contributed by atoms with E-state index in [-0.39, 0.29) is 6.61 Å². The molecule has 0 aliphatic carbocycles. The predicted molar refractivity (Wildman–Crippen MR) is 57.6 cm³/mol. The van der Waals surface area contributed by atoms with Gasteiger partial charge >= 0.3 is 11.9 Å². The molecule has 0 aromatic heterocycles. The van der Waals surface area contributed by atoms with Crippen molar-refractivity contribution in [2.75, 3.05) is 6.61 Å². The maximum atomic E-state index is 10.9. The minimum absolute atomic E-state index is 0.0406. The standard InChI is InChI=1S/C12H14O4/c1-9(13)15-8-12(16-10(2)14)11-6-4-3-5-7-11/h3-7,12H,8H2,1-2H3/t12-/m0/s1. The van der Waals surface area contributed by atoms with Crippen molar-refractivity contribution in [2.24, 2.45) is 0 Å². The summed E-state index contributed by atoms with van der Waals surface area (Å²) < 4.78 is 9.91. The van der Waals surface area contributed by atoms with E-state index in [0.29, 0.717) is 0 Å². The zero-order chi connectivity index (χ0) is 12.0. The Morgan fingerprint density at radius 1 is 1.12 bits per heavy atom. The lowest BCUT2D eigenvalue weighted by molar-refractivity contribution is -0.156. The molecule has 0 aliphatic rings. The molecule has 16 heavy (non-hydrogen) atoms. The number of benzene rings is 1. The Bertz CT molecular complexity index is 359. The lowest BCUT2D eigenvalue weighted by Crippen LogP contribution is -2.16. The van der Waals surface area contributed by atoms with Gasteiger partial charge in [0.1, 0.15) is 6.61 Å². The molecule has 1 atom stereocenters. The largest absolute Gasteiger partial charge is 0.462 e. The first-order valence-corrected chi connectivity index (χ1v) is 4.95. The van der Waals surface area contributed by atoms with Crippen LogP contribution in [-0.2, 0) is 19.1 Å². The van der Waals surface area contributed by atoms with Crippen LogP contribution in [0, 0.1) is 0 Å². The van der Waals surface area contributed by atoms with E-state index in [0.717, 1.165) is 5.56 Å². The van der Waals surface area contributed by atoms with Gasteiger partial charge in [0.2, 0.25) is 0 Å². The molecule has 4 nitrogen and oxygen atoms in total. The minimum atomic E-state index is -0.539. The lowest BCUT2D eigenvalue weighted by Gasteiger charge is -2.16. The molecule has 4 heteroatoms. The van der Waals surface area contributed by atoms with Crippen LogP contribution in [-0.4, -0.2) is 18.5 Å². The average molecular weight is 222 g/mol.